The Labute approximate surface area is 178 Å². The van der Waals surface area contributed by atoms with Crippen LogP contribution >= 0.6 is 35.3 Å². The molecule has 0 radical (unpaired) electrons. The van der Waals surface area contributed by atoms with E-state index >= 15 is 0 Å². The molecule has 2 N–H and O–H groups in total. The van der Waals surface area contributed by atoms with E-state index in [-0.39, 0.29) is 24.0 Å². The van der Waals surface area contributed by atoms with Crippen LogP contribution in [0.5, 0.6) is 0 Å². The maximum absolute atomic E-state index is 6.05. The van der Waals surface area contributed by atoms with E-state index in [2.05, 4.69) is 34.5 Å². The molecule has 2 aliphatic carbocycles. The summed E-state index contributed by atoms with van der Waals surface area (Å²) in [4.78, 5) is 10.1. The topological polar surface area (TPSA) is 58.5 Å². The van der Waals surface area contributed by atoms with Gasteiger partial charge in [-0.15, -0.1) is 35.3 Å². The summed E-state index contributed by atoms with van der Waals surface area (Å²) in [5, 5.41) is 8.33. The number of aliphatic imine (C=N–C) groups is 1. The third-order valence-electron chi connectivity index (χ3n) is 5.77. The van der Waals surface area contributed by atoms with Crippen LogP contribution in [-0.4, -0.2) is 43.3 Å². The highest BCUT2D eigenvalue weighted by Crippen LogP contribution is 2.53. The maximum atomic E-state index is 6.05. The fourth-order valence-corrected chi connectivity index (χ4v) is 5.22. The van der Waals surface area contributed by atoms with Gasteiger partial charge in [-0.25, -0.2) is 4.98 Å². The van der Waals surface area contributed by atoms with E-state index in [0.717, 1.165) is 32.0 Å². The van der Waals surface area contributed by atoms with Gasteiger partial charge in [0.2, 0.25) is 0 Å². The standard InChI is InChI=1S/C19H32N4OS.HI/c1-4-24-16-12-15(19(16)9-6-5-7-10-19)23-18(20-3)21-11-8-17-22-13-14(2)25-17;/h13,15-16H,4-12H2,1-3H3,(H2,20,21,23);1H. The SMILES string of the molecule is CCOC1CC(NC(=NC)NCCc2ncc(C)s2)C12CCCCC2.I. The molecule has 2 fully saturated rings. The van der Waals surface area contributed by atoms with Gasteiger partial charge in [0.25, 0.3) is 0 Å². The lowest BCUT2D eigenvalue weighted by molar-refractivity contribution is -0.145. The molecule has 0 aliphatic heterocycles. The highest BCUT2D eigenvalue weighted by molar-refractivity contribution is 14.0. The van der Waals surface area contributed by atoms with Crippen LogP contribution in [-0.2, 0) is 11.2 Å². The van der Waals surface area contributed by atoms with Crippen molar-refractivity contribution in [2.24, 2.45) is 10.4 Å². The number of hydrogen-bond donors (Lipinski definition) is 2. The predicted octanol–water partition coefficient (Wildman–Crippen LogP) is 3.90. The average Bonchev–Trinajstić information content (AvgIpc) is 3.05. The fraction of sp³-hybridized carbons (Fsp3) is 0.789. The number of thiazole rings is 1. The van der Waals surface area contributed by atoms with E-state index in [1.54, 1.807) is 11.3 Å². The molecule has 2 unspecified atom stereocenters. The first kappa shape index (κ1) is 21.9. The largest absolute Gasteiger partial charge is 0.378 e. The van der Waals surface area contributed by atoms with Crippen molar-refractivity contribution in [3.63, 3.8) is 0 Å². The molecule has 1 heterocycles. The van der Waals surface area contributed by atoms with Gasteiger partial charge in [-0.2, -0.15) is 0 Å². The zero-order valence-corrected chi connectivity index (χ0v) is 19.4. The molecular weight excluding hydrogens is 459 g/mol. The number of aryl methyl sites for hydroxylation is 1. The summed E-state index contributed by atoms with van der Waals surface area (Å²) in [5.41, 5.74) is 0.318. The summed E-state index contributed by atoms with van der Waals surface area (Å²) >= 11 is 1.77. The Balaban J connectivity index is 0.00000243. The quantitative estimate of drug-likeness (QED) is 0.359. The van der Waals surface area contributed by atoms with E-state index in [4.69, 9.17) is 4.74 Å². The Morgan fingerprint density at radius 3 is 2.77 bits per heavy atom. The Morgan fingerprint density at radius 2 is 2.15 bits per heavy atom. The first-order valence-electron chi connectivity index (χ1n) is 9.68. The van der Waals surface area contributed by atoms with Crippen molar-refractivity contribution in [1.29, 1.82) is 0 Å². The molecular formula is C19H33IN4OS. The summed E-state index contributed by atoms with van der Waals surface area (Å²) in [6, 6.07) is 0.484. The second-order valence-corrected chi connectivity index (χ2v) is 8.60. The Hall–Kier alpha value is -0.410. The summed E-state index contributed by atoms with van der Waals surface area (Å²) in [6.45, 7) is 5.89. The molecule has 0 saturated heterocycles. The minimum absolute atomic E-state index is 0. The molecule has 2 saturated carbocycles. The fourth-order valence-electron chi connectivity index (χ4n) is 4.43. The summed E-state index contributed by atoms with van der Waals surface area (Å²) in [5.74, 6) is 0.915. The normalized spacial score (nSPS) is 24.7. The third-order valence-corrected chi connectivity index (χ3v) is 6.74. The van der Waals surface area contributed by atoms with Gasteiger partial charge in [-0.3, -0.25) is 4.99 Å². The smallest absolute Gasteiger partial charge is 0.191 e. The number of halogens is 1. The van der Waals surface area contributed by atoms with Crippen molar-refractivity contribution >= 4 is 41.3 Å². The molecule has 7 heteroatoms. The molecule has 1 aromatic heterocycles. The minimum Gasteiger partial charge on any atom is -0.378 e. The van der Waals surface area contributed by atoms with Gasteiger partial charge in [-0.05, 0) is 33.1 Å². The molecule has 148 valence electrons. The van der Waals surface area contributed by atoms with Gasteiger partial charge < -0.3 is 15.4 Å². The molecule has 1 spiro atoms. The lowest BCUT2D eigenvalue weighted by Gasteiger charge is -2.57. The van der Waals surface area contributed by atoms with Crippen LogP contribution in [0.25, 0.3) is 0 Å². The number of aromatic nitrogens is 1. The molecule has 2 aliphatic rings. The second kappa shape index (κ2) is 10.2. The summed E-state index contributed by atoms with van der Waals surface area (Å²) in [6.07, 6.45) is 11.0. The van der Waals surface area contributed by atoms with Crippen LogP contribution in [0, 0.1) is 12.3 Å². The van der Waals surface area contributed by atoms with Crippen molar-refractivity contribution in [2.75, 3.05) is 20.2 Å². The van der Waals surface area contributed by atoms with Crippen molar-refractivity contribution in [1.82, 2.24) is 15.6 Å². The lowest BCUT2D eigenvalue weighted by Crippen LogP contribution is -2.66. The molecule has 3 rings (SSSR count). The molecule has 2 atom stereocenters. The number of rotatable bonds is 6. The first-order chi connectivity index (χ1) is 12.2. The summed E-state index contributed by atoms with van der Waals surface area (Å²) in [7, 11) is 1.86. The molecule has 1 aromatic rings. The second-order valence-electron chi connectivity index (χ2n) is 7.28. The zero-order chi connectivity index (χ0) is 17.7. The minimum atomic E-state index is 0. The third kappa shape index (κ3) is 4.90. The van der Waals surface area contributed by atoms with Crippen LogP contribution in [0.15, 0.2) is 11.2 Å². The highest BCUT2D eigenvalue weighted by Gasteiger charge is 2.55. The number of nitrogens with zero attached hydrogens (tertiary/aromatic N) is 2. The van der Waals surface area contributed by atoms with Gasteiger partial charge in [0, 0.05) is 49.2 Å². The Bertz CT molecular complexity index is 586. The number of nitrogens with one attached hydrogen (secondary N) is 2. The number of hydrogen-bond acceptors (Lipinski definition) is 4. The van der Waals surface area contributed by atoms with E-state index in [0.29, 0.717) is 17.6 Å². The average molecular weight is 492 g/mol. The molecule has 5 nitrogen and oxygen atoms in total. The molecule has 0 amide bonds. The van der Waals surface area contributed by atoms with Gasteiger partial charge in [0.15, 0.2) is 5.96 Å². The van der Waals surface area contributed by atoms with Gasteiger partial charge >= 0.3 is 0 Å². The maximum Gasteiger partial charge on any atom is 0.191 e. The zero-order valence-electron chi connectivity index (χ0n) is 16.2. The van der Waals surface area contributed by atoms with E-state index in [1.165, 1.54) is 42.0 Å². The van der Waals surface area contributed by atoms with E-state index in [1.807, 2.05) is 13.2 Å². The first-order valence-corrected chi connectivity index (χ1v) is 10.5. The highest BCUT2D eigenvalue weighted by atomic mass is 127. The number of guanidine groups is 1. The molecule has 26 heavy (non-hydrogen) atoms. The van der Waals surface area contributed by atoms with Crippen LogP contribution in [0.3, 0.4) is 0 Å². The lowest BCUT2D eigenvalue weighted by atomic mass is 9.55. The van der Waals surface area contributed by atoms with Gasteiger partial charge in [0.05, 0.1) is 11.1 Å². The monoisotopic (exact) mass is 492 g/mol. The van der Waals surface area contributed by atoms with Crippen molar-refractivity contribution in [3.05, 3.63) is 16.1 Å². The van der Waals surface area contributed by atoms with E-state index in [9.17, 15) is 0 Å². The van der Waals surface area contributed by atoms with Crippen molar-refractivity contribution < 1.29 is 4.74 Å². The van der Waals surface area contributed by atoms with Gasteiger partial charge in [0.1, 0.15) is 0 Å². The van der Waals surface area contributed by atoms with E-state index < -0.39 is 0 Å². The van der Waals surface area contributed by atoms with Gasteiger partial charge in [-0.1, -0.05) is 19.3 Å². The van der Waals surface area contributed by atoms with Crippen LogP contribution < -0.4 is 10.6 Å². The summed E-state index contributed by atoms with van der Waals surface area (Å²) < 4.78 is 6.05. The van der Waals surface area contributed by atoms with Crippen LogP contribution in [0.2, 0.25) is 0 Å². The Kier molecular flexibility index (Phi) is 8.60. The predicted molar refractivity (Wildman–Crippen MR) is 120 cm³/mol. The molecule has 0 aromatic carbocycles. The van der Waals surface area contributed by atoms with Crippen LogP contribution in [0.1, 0.15) is 55.3 Å². The Morgan fingerprint density at radius 1 is 1.38 bits per heavy atom. The van der Waals surface area contributed by atoms with Crippen molar-refractivity contribution in [2.45, 2.75) is 70.9 Å². The molecule has 0 bridgehead atoms. The number of ether oxygens (including phenoxy) is 1. The van der Waals surface area contributed by atoms with Crippen LogP contribution in [0.4, 0.5) is 0 Å². The van der Waals surface area contributed by atoms with Crippen molar-refractivity contribution in [3.8, 4) is 0 Å².